The van der Waals surface area contributed by atoms with Gasteiger partial charge in [0.2, 0.25) is 12.8 Å². The molecule has 0 aromatic heterocycles. The van der Waals surface area contributed by atoms with Crippen molar-refractivity contribution in [2.24, 2.45) is 5.41 Å². The standard InChI is InChI=1S/C11H18N2O2/c1-9(13-8-15)5-10(6-12-7-14)11(2,3)4/h5-8H,1-4H3,(H,12,14)(H,13,15)/b9-5+,10-6+. The molecule has 0 fully saturated rings. The van der Waals surface area contributed by atoms with E-state index in [0.29, 0.717) is 12.8 Å². The van der Waals surface area contributed by atoms with Gasteiger partial charge in [-0.1, -0.05) is 20.8 Å². The molecule has 84 valence electrons. The second-order valence-corrected chi connectivity index (χ2v) is 4.22. The van der Waals surface area contributed by atoms with E-state index >= 15 is 0 Å². The van der Waals surface area contributed by atoms with Gasteiger partial charge in [-0.25, -0.2) is 0 Å². The van der Waals surface area contributed by atoms with E-state index in [1.165, 1.54) is 0 Å². The van der Waals surface area contributed by atoms with Gasteiger partial charge >= 0.3 is 0 Å². The van der Waals surface area contributed by atoms with Crippen molar-refractivity contribution < 1.29 is 9.59 Å². The molecule has 0 aliphatic carbocycles. The van der Waals surface area contributed by atoms with Crippen LogP contribution >= 0.6 is 0 Å². The average Bonchev–Trinajstić information content (AvgIpc) is 2.10. The largest absolute Gasteiger partial charge is 0.335 e. The van der Waals surface area contributed by atoms with Gasteiger partial charge < -0.3 is 10.6 Å². The van der Waals surface area contributed by atoms with E-state index in [1.54, 1.807) is 13.1 Å². The van der Waals surface area contributed by atoms with Gasteiger partial charge in [0, 0.05) is 11.9 Å². The number of rotatable bonds is 5. The Morgan fingerprint density at radius 3 is 2.13 bits per heavy atom. The summed E-state index contributed by atoms with van der Waals surface area (Å²) in [6.07, 6.45) is 4.69. The molecule has 4 heteroatoms. The lowest BCUT2D eigenvalue weighted by molar-refractivity contribution is -0.109. The predicted octanol–water partition coefficient (Wildman–Crippen LogP) is 1.31. The van der Waals surface area contributed by atoms with Crippen LogP contribution in [0.15, 0.2) is 23.5 Å². The van der Waals surface area contributed by atoms with Crippen molar-refractivity contribution in [1.29, 1.82) is 0 Å². The van der Waals surface area contributed by atoms with E-state index in [-0.39, 0.29) is 5.41 Å². The third-order valence-electron chi connectivity index (χ3n) is 1.83. The maximum atomic E-state index is 10.2. The molecule has 2 amide bonds. The lowest BCUT2D eigenvalue weighted by Crippen LogP contribution is -2.15. The molecule has 2 N–H and O–H groups in total. The first-order valence-corrected chi connectivity index (χ1v) is 4.70. The van der Waals surface area contributed by atoms with Crippen molar-refractivity contribution in [2.45, 2.75) is 27.7 Å². The summed E-state index contributed by atoms with van der Waals surface area (Å²) < 4.78 is 0. The zero-order valence-corrected chi connectivity index (χ0v) is 9.63. The van der Waals surface area contributed by atoms with Gasteiger partial charge in [-0.15, -0.1) is 0 Å². The van der Waals surface area contributed by atoms with Gasteiger partial charge in [0.25, 0.3) is 0 Å². The molecule has 0 atom stereocenters. The second-order valence-electron chi connectivity index (χ2n) is 4.22. The molecule has 15 heavy (non-hydrogen) atoms. The highest BCUT2D eigenvalue weighted by Crippen LogP contribution is 2.26. The Hall–Kier alpha value is -1.58. The average molecular weight is 210 g/mol. The lowest BCUT2D eigenvalue weighted by Gasteiger charge is -2.20. The Morgan fingerprint density at radius 2 is 1.73 bits per heavy atom. The van der Waals surface area contributed by atoms with Crippen LogP contribution in [0.3, 0.4) is 0 Å². The van der Waals surface area contributed by atoms with E-state index < -0.39 is 0 Å². The highest BCUT2D eigenvalue weighted by atomic mass is 16.1. The number of carbonyl (C=O) groups is 2. The van der Waals surface area contributed by atoms with Crippen LogP contribution in [-0.4, -0.2) is 12.8 Å². The molecule has 0 spiro atoms. The number of carbonyl (C=O) groups excluding carboxylic acids is 2. The molecule has 0 unspecified atom stereocenters. The van der Waals surface area contributed by atoms with Crippen molar-refractivity contribution in [3.63, 3.8) is 0 Å². The van der Waals surface area contributed by atoms with Crippen molar-refractivity contribution in [1.82, 2.24) is 10.6 Å². The van der Waals surface area contributed by atoms with Gasteiger partial charge in [0.15, 0.2) is 0 Å². The molecule has 0 rings (SSSR count). The summed E-state index contributed by atoms with van der Waals surface area (Å²) in [6.45, 7) is 7.86. The summed E-state index contributed by atoms with van der Waals surface area (Å²) in [5.74, 6) is 0. The molecule has 0 aromatic carbocycles. The Morgan fingerprint density at radius 1 is 1.13 bits per heavy atom. The van der Waals surface area contributed by atoms with Gasteiger partial charge in [-0.2, -0.15) is 0 Å². The summed E-state index contributed by atoms with van der Waals surface area (Å²) in [6, 6.07) is 0. The molecule has 0 aliphatic heterocycles. The van der Waals surface area contributed by atoms with Crippen LogP contribution in [0.5, 0.6) is 0 Å². The SMILES string of the molecule is C/C(=C\C(=C/NC=O)C(C)(C)C)NC=O. The van der Waals surface area contributed by atoms with Crippen LogP contribution in [-0.2, 0) is 9.59 Å². The molecule has 0 aliphatic rings. The summed E-state index contributed by atoms with van der Waals surface area (Å²) >= 11 is 0. The maximum absolute atomic E-state index is 10.2. The zero-order chi connectivity index (χ0) is 11.9. The summed E-state index contributed by atoms with van der Waals surface area (Å²) in [5, 5.41) is 5.05. The number of hydrogen-bond donors (Lipinski definition) is 2. The van der Waals surface area contributed by atoms with E-state index in [9.17, 15) is 9.59 Å². The normalized spacial score (nSPS) is 13.3. The Kier molecular flexibility index (Phi) is 5.37. The molecule has 0 saturated carbocycles. The third kappa shape index (κ3) is 5.67. The zero-order valence-electron chi connectivity index (χ0n) is 9.63. The molecular formula is C11H18N2O2. The number of amides is 2. The molecule has 0 radical (unpaired) electrons. The minimum absolute atomic E-state index is 0.0954. The minimum atomic E-state index is -0.0954. The maximum Gasteiger partial charge on any atom is 0.211 e. The van der Waals surface area contributed by atoms with Crippen molar-refractivity contribution in [2.75, 3.05) is 0 Å². The molecule has 0 saturated heterocycles. The van der Waals surface area contributed by atoms with Crippen molar-refractivity contribution >= 4 is 12.8 Å². The molecule has 0 bridgehead atoms. The minimum Gasteiger partial charge on any atom is -0.335 e. The highest BCUT2D eigenvalue weighted by Gasteiger charge is 2.14. The Balaban J connectivity index is 4.88. The second kappa shape index (κ2) is 6.01. The first-order chi connectivity index (χ1) is 6.91. The first-order valence-electron chi connectivity index (χ1n) is 4.70. The number of hydrogen-bond acceptors (Lipinski definition) is 2. The highest BCUT2D eigenvalue weighted by molar-refractivity contribution is 5.51. The third-order valence-corrected chi connectivity index (χ3v) is 1.83. The smallest absolute Gasteiger partial charge is 0.211 e. The van der Waals surface area contributed by atoms with Crippen LogP contribution < -0.4 is 10.6 Å². The van der Waals surface area contributed by atoms with Gasteiger partial charge in [0.05, 0.1) is 0 Å². The van der Waals surface area contributed by atoms with Crippen molar-refractivity contribution in [3.8, 4) is 0 Å². The van der Waals surface area contributed by atoms with Crippen molar-refractivity contribution in [3.05, 3.63) is 23.5 Å². The van der Waals surface area contributed by atoms with Crippen LogP contribution in [0, 0.1) is 5.41 Å². The fourth-order valence-corrected chi connectivity index (χ4v) is 0.966. The topological polar surface area (TPSA) is 58.2 Å². The molecule has 4 nitrogen and oxygen atoms in total. The Labute approximate surface area is 90.4 Å². The van der Waals surface area contributed by atoms with Crippen LogP contribution in [0.4, 0.5) is 0 Å². The number of allylic oxidation sites excluding steroid dienone is 3. The van der Waals surface area contributed by atoms with Crippen LogP contribution in [0.2, 0.25) is 0 Å². The quantitative estimate of drug-likeness (QED) is 0.531. The fraction of sp³-hybridized carbons (Fsp3) is 0.455. The van der Waals surface area contributed by atoms with Crippen LogP contribution in [0.1, 0.15) is 27.7 Å². The van der Waals surface area contributed by atoms with Crippen LogP contribution in [0.25, 0.3) is 0 Å². The Bertz CT molecular complexity index is 285. The molecule has 0 aromatic rings. The van der Waals surface area contributed by atoms with E-state index in [4.69, 9.17) is 0 Å². The molecular weight excluding hydrogens is 192 g/mol. The molecule has 0 heterocycles. The van der Waals surface area contributed by atoms with Gasteiger partial charge in [0.1, 0.15) is 0 Å². The summed E-state index contributed by atoms with van der Waals surface area (Å²) in [5.41, 5.74) is 1.57. The monoisotopic (exact) mass is 210 g/mol. The predicted molar refractivity (Wildman–Crippen MR) is 59.7 cm³/mol. The van der Waals surface area contributed by atoms with E-state index in [0.717, 1.165) is 11.3 Å². The summed E-state index contributed by atoms with van der Waals surface area (Å²) in [7, 11) is 0. The lowest BCUT2D eigenvalue weighted by atomic mass is 9.86. The van der Waals surface area contributed by atoms with E-state index in [2.05, 4.69) is 10.6 Å². The van der Waals surface area contributed by atoms with E-state index in [1.807, 2.05) is 26.8 Å². The summed E-state index contributed by atoms with van der Waals surface area (Å²) in [4.78, 5) is 20.4. The number of nitrogens with one attached hydrogen (secondary N) is 2. The fourth-order valence-electron chi connectivity index (χ4n) is 0.966. The first kappa shape index (κ1) is 13.4. The van der Waals surface area contributed by atoms with Gasteiger partial charge in [-0.05, 0) is 24.0 Å². The van der Waals surface area contributed by atoms with Gasteiger partial charge in [-0.3, -0.25) is 9.59 Å².